The SMILES string of the molecule is COC(=O)c1sc(N2C(=O)c3oc4ccc(C)cc4c(=O)c3C2c2ccc(SC)cc2)nc1C. The molecule has 1 aliphatic rings. The first kappa shape index (κ1) is 22.4. The van der Waals surface area contributed by atoms with Crippen LogP contribution in [0.1, 0.15) is 48.7 Å². The van der Waals surface area contributed by atoms with Crippen LogP contribution in [0.4, 0.5) is 5.13 Å². The molecule has 0 saturated carbocycles. The molecule has 0 bridgehead atoms. The second-order valence-electron chi connectivity index (χ2n) is 7.93. The van der Waals surface area contributed by atoms with Crippen molar-refractivity contribution < 1.29 is 18.7 Å². The largest absolute Gasteiger partial charge is 0.465 e. The third-order valence-electron chi connectivity index (χ3n) is 5.82. The first-order chi connectivity index (χ1) is 16.3. The number of benzene rings is 2. The Hall–Kier alpha value is -3.43. The molecule has 1 aliphatic heterocycles. The van der Waals surface area contributed by atoms with E-state index in [0.29, 0.717) is 26.7 Å². The topological polar surface area (TPSA) is 89.7 Å². The van der Waals surface area contributed by atoms with Crippen molar-refractivity contribution in [3.63, 3.8) is 0 Å². The molecular formula is C25H20N2O5S2. The molecular weight excluding hydrogens is 472 g/mol. The molecule has 0 N–H and O–H groups in total. The van der Waals surface area contributed by atoms with Gasteiger partial charge in [-0.25, -0.2) is 9.78 Å². The van der Waals surface area contributed by atoms with Crippen LogP contribution < -0.4 is 10.3 Å². The number of hydrogen-bond acceptors (Lipinski definition) is 8. The first-order valence-corrected chi connectivity index (χ1v) is 12.5. The molecule has 3 heterocycles. The number of aromatic nitrogens is 1. The number of amides is 1. The number of nitrogens with zero attached hydrogens (tertiary/aromatic N) is 2. The van der Waals surface area contributed by atoms with E-state index >= 15 is 0 Å². The summed E-state index contributed by atoms with van der Waals surface area (Å²) < 4.78 is 10.9. The molecule has 0 radical (unpaired) electrons. The molecule has 2 aromatic heterocycles. The Labute approximate surface area is 203 Å². The Morgan fingerprint density at radius 3 is 2.56 bits per heavy atom. The zero-order valence-electron chi connectivity index (χ0n) is 18.9. The molecule has 0 fully saturated rings. The Balaban J connectivity index is 1.77. The number of hydrogen-bond donors (Lipinski definition) is 0. The number of esters is 1. The Morgan fingerprint density at radius 2 is 1.88 bits per heavy atom. The lowest BCUT2D eigenvalue weighted by atomic mass is 9.98. The fourth-order valence-corrected chi connectivity index (χ4v) is 5.57. The number of methoxy groups -OCH3 is 1. The zero-order valence-corrected chi connectivity index (χ0v) is 20.5. The third-order valence-corrected chi connectivity index (χ3v) is 7.70. The zero-order chi connectivity index (χ0) is 24.1. The summed E-state index contributed by atoms with van der Waals surface area (Å²) in [5.41, 5.74) is 2.49. The van der Waals surface area contributed by atoms with E-state index in [9.17, 15) is 14.4 Å². The van der Waals surface area contributed by atoms with E-state index in [1.807, 2.05) is 43.5 Å². The van der Waals surface area contributed by atoms with Gasteiger partial charge in [0.05, 0.1) is 29.8 Å². The number of rotatable bonds is 4. The average molecular weight is 493 g/mol. The first-order valence-electron chi connectivity index (χ1n) is 10.4. The van der Waals surface area contributed by atoms with Crippen LogP contribution in [0.25, 0.3) is 11.0 Å². The monoisotopic (exact) mass is 492 g/mol. The van der Waals surface area contributed by atoms with Gasteiger partial charge in [-0.2, -0.15) is 0 Å². The summed E-state index contributed by atoms with van der Waals surface area (Å²) in [4.78, 5) is 46.9. The van der Waals surface area contributed by atoms with Gasteiger partial charge in [0.1, 0.15) is 10.5 Å². The van der Waals surface area contributed by atoms with Crippen LogP contribution in [-0.4, -0.2) is 30.2 Å². The van der Waals surface area contributed by atoms with Gasteiger partial charge >= 0.3 is 5.97 Å². The maximum atomic E-state index is 13.7. The standard InChI is InChI=1S/C25H20N2O5S2/c1-12-5-10-17-16(11-12)20(28)18-19(14-6-8-15(33-4)9-7-14)27(23(29)21(18)32-17)25-26-13(2)22(34-25)24(30)31-3/h5-11,19H,1-4H3. The second-order valence-corrected chi connectivity index (χ2v) is 9.78. The van der Waals surface area contributed by atoms with E-state index in [2.05, 4.69) is 4.98 Å². The lowest BCUT2D eigenvalue weighted by molar-refractivity contribution is 0.0605. The molecule has 34 heavy (non-hydrogen) atoms. The van der Waals surface area contributed by atoms with Gasteiger partial charge in [-0.1, -0.05) is 35.1 Å². The van der Waals surface area contributed by atoms with Crippen LogP contribution in [0.15, 0.2) is 56.6 Å². The van der Waals surface area contributed by atoms with Crippen molar-refractivity contribution in [3.8, 4) is 0 Å². The third kappa shape index (κ3) is 3.43. The fraction of sp³-hybridized carbons (Fsp3) is 0.200. The summed E-state index contributed by atoms with van der Waals surface area (Å²) in [7, 11) is 1.30. The van der Waals surface area contributed by atoms with Gasteiger partial charge in [0.25, 0.3) is 5.91 Å². The molecule has 0 saturated heterocycles. The molecule has 1 amide bonds. The minimum Gasteiger partial charge on any atom is -0.465 e. The van der Waals surface area contributed by atoms with Gasteiger partial charge in [0, 0.05) is 4.90 Å². The number of carbonyl (C=O) groups excluding carboxylic acids is 2. The Morgan fingerprint density at radius 1 is 1.15 bits per heavy atom. The lowest BCUT2D eigenvalue weighted by Gasteiger charge is -2.22. The fourth-order valence-electron chi connectivity index (χ4n) is 4.15. The summed E-state index contributed by atoms with van der Waals surface area (Å²) in [6.45, 7) is 3.58. The van der Waals surface area contributed by atoms with Gasteiger partial charge in [-0.3, -0.25) is 14.5 Å². The van der Waals surface area contributed by atoms with Crippen LogP contribution in [0.2, 0.25) is 0 Å². The van der Waals surface area contributed by atoms with Crippen LogP contribution >= 0.6 is 23.1 Å². The normalized spacial score (nSPS) is 15.1. The summed E-state index contributed by atoms with van der Waals surface area (Å²) in [6.07, 6.45) is 1.98. The van der Waals surface area contributed by atoms with Gasteiger partial charge in [-0.15, -0.1) is 11.8 Å². The van der Waals surface area contributed by atoms with E-state index in [1.165, 1.54) is 12.0 Å². The summed E-state index contributed by atoms with van der Waals surface area (Å²) in [5, 5.41) is 0.720. The second kappa shape index (κ2) is 8.41. The minimum absolute atomic E-state index is 0.00670. The molecule has 5 rings (SSSR count). The molecule has 0 aliphatic carbocycles. The highest BCUT2D eigenvalue weighted by Crippen LogP contribution is 2.43. The average Bonchev–Trinajstić information content (AvgIpc) is 3.36. The van der Waals surface area contributed by atoms with E-state index in [4.69, 9.17) is 9.15 Å². The molecule has 1 unspecified atom stereocenters. The number of thioether (sulfide) groups is 1. The predicted octanol–water partition coefficient (Wildman–Crippen LogP) is 5.12. The molecule has 9 heteroatoms. The van der Waals surface area contributed by atoms with Crippen LogP contribution in [0, 0.1) is 13.8 Å². The van der Waals surface area contributed by atoms with Gasteiger partial charge in [0.2, 0.25) is 5.76 Å². The predicted molar refractivity (Wildman–Crippen MR) is 132 cm³/mol. The van der Waals surface area contributed by atoms with Gasteiger partial charge in [0.15, 0.2) is 10.6 Å². The highest BCUT2D eigenvalue weighted by atomic mass is 32.2. The Bertz CT molecular complexity index is 1520. The van der Waals surface area contributed by atoms with Crippen molar-refractivity contribution in [1.82, 2.24) is 4.98 Å². The highest BCUT2D eigenvalue weighted by molar-refractivity contribution is 7.98. The van der Waals surface area contributed by atoms with E-state index in [0.717, 1.165) is 27.4 Å². The quantitative estimate of drug-likeness (QED) is 0.288. The summed E-state index contributed by atoms with van der Waals surface area (Å²) in [6, 6.07) is 12.2. The summed E-state index contributed by atoms with van der Waals surface area (Å²) >= 11 is 2.65. The molecule has 0 spiro atoms. The van der Waals surface area contributed by atoms with Crippen molar-refractivity contribution in [1.29, 1.82) is 0 Å². The van der Waals surface area contributed by atoms with E-state index in [1.54, 1.807) is 30.8 Å². The van der Waals surface area contributed by atoms with Crippen LogP contribution in [0.3, 0.4) is 0 Å². The molecule has 2 aromatic carbocycles. The van der Waals surface area contributed by atoms with Gasteiger partial charge in [-0.05, 0) is 49.9 Å². The molecule has 4 aromatic rings. The number of aryl methyl sites for hydroxylation is 2. The van der Waals surface area contributed by atoms with Crippen molar-refractivity contribution in [3.05, 3.63) is 85.7 Å². The van der Waals surface area contributed by atoms with Crippen molar-refractivity contribution >= 4 is 51.1 Å². The molecule has 7 nitrogen and oxygen atoms in total. The summed E-state index contributed by atoms with van der Waals surface area (Å²) in [5.74, 6) is -1.01. The van der Waals surface area contributed by atoms with Crippen molar-refractivity contribution in [2.45, 2.75) is 24.8 Å². The smallest absolute Gasteiger partial charge is 0.350 e. The Kier molecular flexibility index (Phi) is 5.53. The van der Waals surface area contributed by atoms with Crippen LogP contribution in [0.5, 0.6) is 0 Å². The van der Waals surface area contributed by atoms with Crippen LogP contribution in [-0.2, 0) is 4.74 Å². The lowest BCUT2D eigenvalue weighted by Crippen LogP contribution is -2.29. The van der Waals surface area contributed by atoms with Crippen molar-refractivity contribution in [2.24, 2.45) is 0 Å². The van der Waals surface area contributed by atoms with Crippen molar-refractivity contribution in [2.75, 3.05) is 18.3 Å². The van der Waals surface area contributed by atoms with E-state index in [-0.39, 0.29) is 16.8 Å². The minimum atomic E-state index is -0.740. The molecule has 1 atom stereocenters. The maximum Gasteiger partial charge on any atom is 0.350 e. The highest BCUT2D eigenvalue weighted by Gasteiger charge is 2.45. The number of fused-ring (bicyclic) bond motifs is 2. The number of carbonyl (C=O) groups is 2. The molecule has 172 valence electrons. The number of ether oxygens (including phenoxy) is 1. The maximum absolute atomic E-state index is 13.7. The number of thiazole rings is 1. The number of anilines is 1. The van der Waals surface area contributed by atoms with Gasteiger partial charge < -0.3 is 9.15 Å². The van der Waals surface area contributed by atoms with E-state index < -0.39 is 17.9 Å².